The van der Waals surface area contributed by atoms with Gasteiger partial charge < -0.3 is 4.74 Å². The number of hydrogen-bond donors (Lipinski definition) is 0. The van der Waals surface area contributed by atoms with Crippen molar-refractivity contribution < 1.29 is 27.3 Å². The Hall–Kier alpha value is -1.63. The number of ether oxygens (including phenoxy) is 1. The van der Waals surface area contributed by atoms with Crippen molar-refractivity contribution in [1.29, 1.82) is 0 Å². The Bertz CT molecular complexity index is 553. The minimum absolute atomic E-state index is 0.0331. The molecule has 0 N–H and O–H groups in total. The Morgan fingerprint density at radius 3 is 2.65 bits per heavy atom. The Balaban J connectivity index is 2.58. The van der Waals surface area contributed by atoms with Crippen molar-refractivity contribution >= 4 is 22.6 Å². The molecule has 0 amide bonds. The number of rotatable bonds is 1. The zero-order valence-corrected chi connectivity index (χ0v) is 9.35. The molecule has 1 heterocycles. The molecule has 0 fully saturated rings. The van der Waals surface area contributed by atoms with E-state index in [4.69, 9.17) is 0 Å². The van der Waals surface area contributed by atoms with Gasteiger partial charge in [-0.1, -0.05) is 0 Å². The van der Waals surface area contributed by atoms with E-state index >= 15 is 0 Å². The van der Waals surface area contributed by atoms with E-state index in [1.807, 2.05) is 0 Å². The van der Waals surface area contributed by atoms with Gasteiger partial charge in [0, 0.05) is 5.56 Å². The maximum absolute atomic E-state index is 13.2. The molecule has 1 aromatic rings. The molecule has 1 unspecified atom stereocenters. The van der Waals surface area contributed by atoms with Crippen LogP contribution in [0.4, 0.5) is 8.78 Å². The molecule has 17 heavy (non-hydrogen) atoms. The fourth-order valence-corrected chi connectivity index (χ4v) is 2.59. The van der Waals surface area contributed by atoms with Crippen molar-refractivity contribution in [3.05, 3.63) is 29.3 Å². The summed E-state index contributed by atoms with van der Waals surface area (Å²) in [5.41, 5.74) is -0.425. The van der Waals surface area contributed by atoms with Crippen LogP contribution in [-0.4, -0.2) is 28.3 Å². The van der Waals surface area contributed by atoms with E-state index in [9.17, 15) is 22.6 Å². The van der Waals surface area contributed by atoms with Gasteiger partial charge in [-0.25, -0.2) is 9.00 Å². The van der Waals surface area contributed by atoms with Gasteiger partial charge in [0.05, 0.1) is 17.6 Å². The lowest BCUT2D eigenvalue weighted by Crippen LogP contribution is -2.26. The van der Waals surface area contributed by atoms with Crippen LogP contribution in [0.5, 0.6) is 0 Å². The van der Waals surface area contributed by atoms with Gasteiger partial charge in [0.15, 0.2) is 0 Å². The summed E-state index contributed by atoms with van der Waals surface area (Å²) in [6.45, 7) is 0. The van der Waals surface area contributed by atoms with Crippen molar-refractivity contribution in [1.82, 2.24) is 0 Å². The quantitative estimate of drug-likeness (QED) is 0.715. The average Bonchev–Trinajstić information content (AvgIpc) is 2.50. The molecule has 0 aromatic heterocycles. The Kier molecular flexibility index (Phi) is 2.57. The minimum atomic E-state index is -3.92. The molecule has 1 aliphatic rings. The molecule has 90 valence electrons. The van der Waals surface area contributed by atoms with Crippen molar-refractivity contribution in [2.45, 2.75) is 10.2 Å². The molecule has 7 heteroatoms. The van der Waals surface area contributed by atoms with Gasteiger partial charge >= 0.3 is 11.2 Å². The van der Waals surface area contributed by atoms with Gasteiger partial charge in [-0.3, -0.25) is 4.79 Å². The highest BCUT2D eigenvalue weighted by atomic mass is 32.2. The van der Waals surface area contributed by atoms with Crippen LogP contribution in [0, 0.1) is 0 Å². The van der Waals surface area contributed by atoms with E-state index < -0.39 is 33.4 Å². The van der Waals surface area contributed by atoms with Crippen molar-refractivity contribution in [3.8, 4) is 0 Å². The highest BCUT2D eigenvalue weighted by molar-refractivity contribution is 7.87. The summed E-state index contributed by atoms with van der Waals surface area (Å²) in [5, 5.41) is -3.92. The number of esters is 1. The second kappa shape index (κ2) is 3.69. The zero-order valence-electron chi connectivity index (χ0n) is 8.53. The van der Waals surface area contributed by atoms with Crippen molar-refractivity contribution in [3.63, 3.8) is 0 Å². The fourth-order valence-electron chi connectivity index (χ4n) is 1.49. The molecule has 1 aromatic carbocycles. The summed E-state index contributed by atoms with van der Waals surface area (Å²) in [7, 11) is -1.57. The number of halogens is 2. The van der Waals surface area contributed by atoms with Crippen LogP contribution in [0.3, 0.4) is 0 Å². The topological polar surface area (TPSA) is 60.4 Å². The Morgan fingerprint density at radius 2 is 2.06 bits per heavy atom. The lowest BCUT2D eigenvalue weighted by molar-refractivity contribution is 0.0565. The van der Waals surface area contributed by atoms with Crippen LogP contribution < -0.4 is 0 Å². The van der Waals surface area contributed by atoms with Crippen molar-refractivity contribution in [2.24, 2.45) is 0 Å². The monoisotopic (exact) mass is 260 g/mol. The van der Waals surface area contributed by atoms with Crippen LogP contribution >= 0.6 is 0 Å². The molecular formula is C10H6F2O4S. The second-order valence-electron chi connectivity index (χ2n) is 3.32. The zero-order chi connectivity index (χ0) is 12.8. The van der Waals surface area contributed by atoms with Gasteiger partial charge in [-0.05, 0) is 18.2 Å². The molecule has 2 rings (SSSR count). The van der Waals surface area contributed by atoms with E-state index in [1.54, 1.807) is 0 Å². The molecule has 0 saturated heterocycles. The molecule has 0 bridgehead atoms. The predicted molar refractivity (Wildman–Crippen MR) is 53.5 cm³/mol. The van der Waals surface area contributed by atoms with Crippen LogP contribution in [0.25, 0.3) is 0 Å². The lowest BCUT2D eigenvalue weighted by atomic mass is 10.1. The number of ketones is 1. The number of carbonyl (C=O) groups excluding carboxylic acids is 2. The smallest absolute Gasteiger partial charge is 0.387 e. The Labute approximate surface area is 97.0 Å². The number of alkyl halides is 2. The van der Waals surface area contributed by atoms with Crippen LogP contribution in [0.15, 0.2) is 23.1 Å². The Morgan fingerprint density at radius 1 is 1.41 bits per heavy atom. The summed E-state index contributed by atoms with van der Waals surface area (Å²) < 4.78 is 42.0. The summed E-state index contributed by atoms with van der Waals surface area (Å²) in [4.78, 5) is 22.2. The van der Waals surface area contributed by atoms with Gasteiger partial charge in [0.2, 0.25) is 5.78 Å². The number of hydrogen-bond acceptors (Lipinski definition) is 4. The average molecular weight is 260 g/mol. The third-order valence-corrected chi connectivity index (χ3v) is 3.75. The molecule has 0 spiro atoms. The first kappa shape index (κ1) is 11.8. The molecule has 0 radical (unpaired) electrons. The summed E-state index contributed by atoms with van der Waals surface area (Å²) in [6.07, 6.45) is 0. The maximum Gasteiger partial charge on any atom is 0.387 e. The number of Topliss-reactive ketones (excluding diaryl/α,β-unsaturated/α-hetero) is 1. The van der Waals surface area contributed by atoms with Gasteiger partial charge in [-0.15, -0.1) is 0 Å². The fraction of sp³-hybridized carbons (Fsp3) is 0.200. The summed E-state index contributed by atoms with van der Waals surface area (Å²) >= 11 is 0. The molecule has 1 aliphatic heterocycles. The largest absolute Gasteiger partial charge is 0.465 e. The SMILES string of the molecule is COC(=O)c1ccc2c(c1)C(=O)C(F)(F)S2=O. The van der Waals surface area contributed by atoms with Crippen molar-refractivity contribution in [2.75, 3.05) is 7.11 Å². The van der Waals surface area contributed by atoms with E-state index in [0.29, 0.717) is 0 Å². The standard InChI is InChI=1S/C10H6F2O4S/c1-16-9(14)5-2-3-7-6(4-5)8(13)10(11,12)17(7)15/h2-4H,1H3. The van der Waals surface area contributed by atoms with Gasteiger partial charge in [0.25, 0.3) is 0 Å². The van der Waals surface area contributed by atoms with Gasteiger partial charge in [-0.2, -0.15) is 8.78 Å². The number of fused-ring (bicyclic) bond motifs is 1. The number of carbonyl (C=O) groups is 2. The first-order valence-corrected chi connectivity index (χ1v) is 5.61. The number of methoxy groups -OCH3 is 1. The molecular weight excluding hydrogens is 254 g/mol. The van der Waals surface area contributed by atoms with Crippen LogP contribution in [0.2, 0.25) is 0 Å². The molecule has 1 atom stereocenters. The molecule has 0 saturated carbocycles. The lowest BCUT2D eigenvalue weighted by Gasteiger charge is -2.02. The maximum atomic E-state index is 13.2. The highest BCUT2D eigenvalue weighted by Crippen LogP contribution is 2.38. The van der Waals surface area contributed by atoms with Gasteiger partial charge in [0.1, 0.15) is 10.8 Å². The highest BCUT2D eigenvalue weighted by Gasteiger charge is 2.54. The van der Waals surface area contributed by atoms with Crippen LogP contribution in [-0.2, 0) is 15.5 Å². The third-order valence-electron chi connectivity index (χ3n) is 2.34. The third kappa shape index (κ3) is 1.57. The summed E-state index contributed by atoms with van der Waals surface area (Å²) in [5.74, 6) is -2.28. The first-order chi connectivity index (χ1) is 7.89. The van der Waals surface area contributed by atoms with E-state index in [-0.39, 0.29) is 10.5 Å². The minimum Gasteiger partial charge on any atom is -0.465 e. The molecule has 4 nitrogen and oxygen atoms in total. The normalized spacial score (nSPS) is 21.1. The second-order valence-corrected chi connectivity index (χ2v) is 4.81. The predicted octanol–water partition coefficient (Wildman–Crippen LogP) is 1.37. The first-order valence-electron chi connectivity index (χ1n) is 4.46. The summed E-state index contributed by atoms with van der Waals surface area (Å²) in [6, 6.07) is 3.25. The number of benzene rings is 1. The van der Waals surface area contributed by atoms with Crippen LogP contribution in [0.1, 0.15) is 20.7 Å². The van der Waals surface area contributed by atoms with E-state index in [0.717, 1.165) is 19.2 Å². The molecule has 0 aliphatic carbocycles. The van der Waals surface area contributed by atoms with E-state index in [2.05, 4.69) is 4.74 Å². The van der Waals surface area contributed by atoms with E-state index in [1.165, 1.54) is 6.07 Å².